The van der Waals surface area contributed by atoms with Crippen LogP contribution in [-0.4, -0.2) is 16.8 Å². The minimum Gasteiger partial charge on any atom is -0.478 e. The third-order valence-electron chi connectivity index (χ3n) is 3.28. The third-order valence-corrected chi connectivity index (χ3v) is 3.28. The van der Waals surface area contributed by atoms with Crippen molar-refractivity contribution in [1.29, 1.82) is 5.41 Å². The van der Waals surface area contributed by atoms with Gasteiger partial charge in [-0.2, -0.15) is 0 Å². The van der Waals surface area contributed by atoms with Crippen LogP contribution in [0.25, 0.3) is 0 Å². The summed E-state index contributed by atoms with van der Waals surface area (Å²) in [6, 6.07) is 14.4. The fourth-order valence-corrected chi connectivity index (χ4v) is 1.97. The van der Waals surface area contributed by atoms with Crippen LogP contribution in [0.15, 0.2) is 60.8 Å². The smallest absolute Gasteiger partial charge is 0.335 e. The fraction of sp³-hybridized carbons (Fsp3) is 0.111. The number of hydrogen-bond acceptors (Lipinski definition) is 3. The van der Waals surface area contributed by atoms with Crippen LogP contribution >= 0.6 is 0 Å². The Morgan fingerprint density at radius 1 is 1.18 bits per heavy atom. The highest BCUT2D eigenvalue weighted by atomic mass is 16.4. The van der Waals surface area contributed by atoms with E-state index in [1.54, 1.807) is 24.4 Å². The molecule has 0 saturated heterocycles. The molecule has 0 aliphatic rings. The molecule has 0 heterocycles. The van der Waals surface area contributed by atoms with E-state index in [9.17, 15) is 4.79 Å². The van der Waals surface area contributed by atoms with Crippen LogP contribution in [-0.2, 0) is 6.42 Å². The van der Waals surface area contributed by atoms with Crippen molar-refractivity contribution in [2.45, 2.75) is 13.3 Å². The lowest BCUT2D eigenvalue weighted by molar-refractivity contribution is 0.0697. The summed E-state index contributed by atoms with van der Waals surface area (Å²) in [7, 11) is 0. The van der Waals surface area contributed by atoms with Gasteiger partial charge in [-0.15, -0.1) is 0 Å². The number of nitrogens with one attached hydrogen (secondary N) is 2. The quantitative estimate of drug-likeness (QED) is 0.706. The Hall–Kier alpha value is -2.88. The molecule has 0 aromatic heterocycles. The SMILES string of the molecule is CCc1ccc(N/C=C\C(=N)c2cccc(C(=O)O)c2)cc1. The van der Waals surface area contributed by atoms with Crippen molar-refractivity contribution in [3.63, 3.8) is 0 Å². The lowest BCUT2D eigenvalue weighted by Gasteiger charge is -2.03. The van der Waals surface area contributed by atoms with Gasteiger partial charge >= 0.3 is 5.97 Å². The van der Waals surface area contributed by atoms with Crippen molar-refractivity contribution in [2.75, 3.05) is 5.32 Å². The van der Waals surface area contributed by atoms with Crippen LogP contribution in [0.3, 0.4) is 0 Å². The molecule has 0 radical (unpaired) electrons. The zero-order valence-corrected chi connectivity index (χ0v) is 12.3. The first kappa shape index (κ1) is 15.5. The van der Waals surface area contributed by atoms with E-state index in [0.717, 1.165) is 12.1 Å². The van der Waals surface area contributed by atoms with Crippen molar-refractivity contribution in [3.8, 4) is 0 Å². The minimum absolute atomic E-state index is 0.179. The highest BCUT2D eigenvalue weighted by molar-refractivity contribution is 6.07. The molecule has 0 atom stereocenters. The number of allylic oxidation sites excluding steroid dienone is 1. The van der Waals surface area contributed by atoms with Gasteiger partial charge in [-0.3, -0.25) is 0 Å². The standard InChI is InChI=1S/C18H18N2O2/c1-2-13-6-8-16(9-7-13)20-11-10-17(19)14-4-3-5-15(12-14)18(21)22/h3-12,19-20H,2H2,1H3,(H,21,22)/b11-10-,19-17?. The van der Waals surface area contributed by atoms with Gasteiger partial charge in [-0.25, -0.2) is 4.79 Å². The van der Waals surface area contributed by atoms with Gasteiger partial charge < -0.3 is 15.8 Å². The van der Waals surface area contributed by atoms with E-state index in [0.29, 0.717) is 5.56 Å². The maximum absolute atomic E-state index is 10.9. The van der Waals surface area contributed by atoms with Crippen LogP contribution in [0.4, 0.5) is 5.69 Å². The summed E-state index contributed by atoms with van der Waals surface area (Å²) in [5.74, 6) is -0.993. The van der Waals surface area contributed by atoms with Crippen LogP contribution < -0.4 is 5.32 Å². The summed E-state index contributed by atoms with van der Waals surface area (Å²) in [5.41, 5.74) is 3.21. The molecule has 3 N–H and O–H groups in total. The second-order valence-corrected chi connectivity index (χ2v) is 4.83. The summed E-state index contributed by atoms with van der Waals surface area (Å²) < 4.78 is 0. The maximum atomic E-state index is 10.9. The van der Waals surface area contributed by atoms with E-state index in [4.69, 9.17) is 10.5 Å². The number of hydrogen-bond donors (Lipinski definition) is 3. The average molecular weight is 294 g/mol. The van der Waals surface area contributed by atoms with Crippen LogP contribution in [0.2, 0.25) is 0 Å². The summed E-state index contributed by atoms with van der Waals surface area (Å²) in [4.78, 5) is 10.9. The summed E-state index contributed by atoms with van der Waals surface area (Å²) in [5, 5.41) is 20.0. The molecule has 0 fully saturated rings. The van der Waals surface area contributed by atoms with E-state index in [2.05, 4.69) is 24.4 Å². The Morgan fingerprint density at radius 3 is 2.50 bits per heavy atom. The molecule has 0 unspecified atom stereocenters. The molecule has 0 amide bonds. The van der Waals surface area contributed by atoms with Crippen LogP contribution in [0.5, 0.6) is 0 Å². The third kappa shape index (κ3) is 4.06. The van der Waals surface area contributed by atoms with Gasteiger partial charge in [0, 0.05) is 17.5 Å². The number of benzene rings is 2. The summed E-state index contributed by atoms with van der Waals surface area (Å²) >= 11 is 0. The molecule has 22 heavy (non-hydrogen) atoms. The van der Waals surface area contributed by atoms with Gasteiger partial charge in [0.05, 0.1) is 11.3 Å². The molecule has 0 spiro atoms. The molecule has 112 valence electrons. The molecular weight excluding hydrogens is 276 g/mol. The number of carboxylic acid groups (broad SMARTS) is 1. The first-order valence-electron chi connectivity index (χ1n) is 7.04. The number of aryl methyl sites for hydroxylation is 1. The zero-order chi connectivity index (χ0) is 15.9. The van der Waals surface area contributed by atoms with Crippen molar-refractivity contribution in [2.24, 2.45) is 0 Å². The van der Waals surface area contributed by atoms with Gasteiger partial charge in [0.15, 0.2) is 0 Å². The Labute approximate surface area is 129 Å². The monoisotopic (exact) mass is 294 g/mol. The largest absolute Gasteiger partial charge is 0.478 e. The molecule has 4 heteroatoms. The number of aromatic carboxylic acids is 1. The second kappa shape index (κ2) is 7.22. The molecule has 2 rings (SSSR count). The number of rotatable bonds is 6. The van der Waals surface area contributed by atoms with Gasteiger partial charge in [-0.1, -0.05) is 31.2 Å². The van der Waals surface area contributed by atoms with E-state index < -0.39 is 5.97 Å². The number of carboxylic acids is 1. The van der Waals surface area contributed by atoms with Gasteiger partial charge in [0.1, 0.15) is 0 Å². The maximum Gasteiger partial charge on any atom is 0.335 e. The van der Waals surface area contributed by atoms with E-state index >= 15 is 0 Å². The molecule has 0 aliphatic carbocycles. The number of carbonyl (C=O) groups is 1. The van der Waals surface area contributed by atoms with Gasteiger partial charge in [-0.05, 0) is 42.3 Å². The van der Waals surface area contributed by atoms with E-state index in [1.165, 1.54) is 17.7 Å². The van der Waals surface area contributed by atoms with Crippen LogP contribution in [0.1, 0.15) is 28.4 Å². The van der Waals surface area contributed by atoms with E-state index in [1.807, 2.05) is 12.1 Å². The highest BCUT2D eigenvalue weighted by Crippen LogP contribution is 2.10. The fourth-order valence-electron chi connectivity index (χ4n) is 1.97. The number of anilines is 1. The lowest BCUT2D eigenvalue weighted by Crippen LogP contribution is -2.01. The topological polar surface area (TPSA) is 73.2 Å². The average Bonchev–Trinajstić information content (AvgIpc) is 2.55. The Bertz CT molecular complexity index is 703. The van der Waals surface area contributed by atoms with Crippen molar-refractivity contribution < 1.29 is 9.90 Å². The molecule has 2 aromatic rings. The molecule has 0 aliphatic heterocycles. The molecule has 2 aromatic carbocycles. The minimum atomic E-state index is -0.993. The molecule has 0 saturated carbocycles. The van der Waals surface area contributed by atoms with Crippen molar-refractivity contribution in [3.05, 3.63) is 77.5 Å². The van der Waals surface area contributed by atoms with E-state index in [-0.39, 0.29) is 11.3 Å². The van der Waals surface area contributed by atoms with Gasteiger partial charge in [0.25, 0.3) is 0 Å². The molecule has 4 nitrogen and oxygen atoms in total. The Kier molecular flexibility index (Phi) is 5.09. The molecular formula is C18H18N2O2. The first-order chi connectivity index (χ1) is 10.6. The predicted molar refractivity (Wildman–Crippen MR) is 88.8 cm³/mol. The first-order valence-corrected chi connectivity index (χ1v) is 7.04. The summed E-state index contributed by atoms with van der Waals surface area (Å²) in [6.45, 7) is 2.11. The van der Waals surface area contributed by atoms with Crippen molar-refractivity contribution >= 4 is 17.4 Å². The normalized spacial score (nSPS) is 10.6. The zero-order valence-electron chi connectivity index (χ0n) is 12.3. The second-order valence-electron chi connectivity index (χ2n) is 4.83. The van der Waals surface area contributed by atoms with Gasteiger partial charge in [0.2, 0.25) is 0 Å². The lowest BCUT2D eigenvalue weighted by atomic mass is 10.1. The van der Waals surface area contributed by atoms with Crippen molar-refractivity contribution in [1.82, 2.24) is 0 Å². The van der Waals surface area contributed by atoms with Crippen LogP contribution in [0, 0.1) is 5.41 Å². The highest BCUT2D eigenvalue weighted by Gasteiger charge is 2.04. The Balaban J connectivity index is 2.01. The predicted octanol–water partition coefficient (Wildman–Crippen LogP) is 3.94. The molecule has 0 bridgehead atoms. The Morgan fingerprint density at radius 2 is 1.86 bits per heavy atom. The summed E-state index contributed by atoms with van der Waals surface area (Å²) in [6.07, 6.45) is 4.28.